The third-order valence-corrected chi connectivity index (χ3v) is 3.76. The summed E-state index contributed by atoms with van der Waals surface area (Å²) in [6, 6.07) is 0.397. The van der Waals surface area contributed by atoms with Crippen molar-refractivity contribution < 1.29 is 4.74 Å². The van der Waals surface area contributed by atoms with E-state index in [2.05, 4.69) is 52.0 Å². The van der Waals surface area contributed by atoms with Gasteiger partial charge in [0.1, 0.15) is 0 Å². The Balaban J connectivity index is 4.50. The van der Waals surface area contributed by atoms with Crippen molar-refractivity contribution >= 4 is 0 Å². The lowest BCUT2D eigenvalue weighted by atomic mass is 9.88. The zero-order valence-corrected chi connectivity index (χ0v) is 12.7. The van der Waals surface area contributed by atoms with E-state index in [1.807, 2.05) is 0 Å². The minimum absolute atomic E-state index is 0.156. The molecular weight excluding hydrogens is 212 g/mol. The van der Waals surface area contributed by atoms with Crippen molar-refractivity contribution in [3.63, 3.8) is 0 Å². The van der Waals surface area contributed by atoms with E-state index < -0.39 is 0 Å². The molecule has 0 fully saturated rings. The van der Waals surface area contributed by atoms with Gasteiger partial charge in [0.25, 0.3) is 0 Å². The summed E-state index contributed by atoms with van der Waals surface area (Å²) in [7, 11) is 4.31. The molecule has 2 unspecified atom stereocenters. The molecule has 0 saturated heterocycles. The van der Waals surface area contributed by atoms with E-state index >= 15 is 0 Å². The van der Waals surface area contributed by atoms with E-state index in [0.29, 0.717) is 6.04 Å². The van der Waals surface area contributed by atoms with Gasteiger partial charge in [0, 0.05) is 18.2 Å². The largest absolute Gasteiger partial charge is 0.380 e. The molecule has 1 N–H and O–H groups in total. The lowest BCUT2D eigenvalue weighted by molar-refractivity contribution is 0.0372. The van der Waals surface area contributed by atoms with Gasteiger partial charge in [-0.3, -0.25) is 0 Å². The summed E-state index contributed by atoms with van der Waals surface area (Å²) in [5.41, 5.74) is 0.156. The van der Waals surface area contributed by atoms with E-state index in [1.165, 1.54) is 0 Å². The fourth-order valence-electron chi connectivity index (χ4n) is 2.00. The minimum atomic E-state index is 0.156. The van der Waals surface area contributed by atoms with Crippen molar-refractivity contribution in [2.45, 2.75) is 58.5 Å². The molecule has 0 bridgehead atoms. The van der Waals surface area contributed by atoms with Crippen LogP contribution in [0.2, 0.25) is 0 Å². The van der Waals surface area contributed by atoms with E-state index in [1.54, 1.807) is 0 Å². The van der Waals surface area contributed by atoms with Gasteiger partial charge in [-0.2, -0.15) is 0 Å². The Morgan fingerprint density at radius 1 is 1.18 bits per heavy atom. The quantitative estimate of drug-likeness (QED) is 0.598. The van der Waals surface area contributed by atoms with Crippen LogP contribution in [0.4, 0.5) is 0 Å². The molecule has 0 aromatic rings. The van der Waals surface area contributed by atoms with E-state index in [9.17, 15) is 0 Å². The Kier molecular flexibility index (Phi) is 8.83. The zero-order valence-electron chi connectivity index (χ0n) is 12.7. The maximum absolute atomic E-state index is 5.75. The molecule has 0 amide bonds. The minimum Gasteiger partial charge on any atom is -0.380 e. The van der Waals surface area contributed by atoms with Gasteiger partial charge in [-0.25, -0.2) is 0 Å². The number of nitrogens with one attached hydrogen (secondary N) is 1. The van der Waals surface area contributed by atoms with E-state index in [-0.39, 0.29) is 5.54 Å². The fraction of sp³-hybridized carbons (Fsp3) is 1.00. The van der Waals surface area contributed by atoms with Crippen LogP contribution in [0.15, 0.2) is 0 Å². The summed E-state index contributed by atoms with van der Waals surface area (Å²) in [6.07, 6.45) is 3.37. The van der Waals surface area contributed by atoms with Crippen molar-refractivity contribution in [3.8, 4) is 0 Å². The topological polar surface area (TPSA) is 24.5 Å². The second-order valence-corrected chi connectivity index (χ2v) is 5.19. The van der Waals surface area contributed by atoms with Gasteiger partial charge in [-0.05, 0) is 46.8 Å². The highest BCUT2D eigenvalue weighted by Gasteiger charge is 2.34. The summed E-state index contributed by atoms with van der Waals surface area (Å²) in [4.78, 5) is 2.32. The van der Waals surface area contributed by atoms with Crippen molar-refractivity contribution in [2.24, 2.45) is 0 Å². The first-order valence-corrected chi connectivity index (χ1v) is 7.01. The molecule has 3 nitrogen and oxygen atoms in total. The van der Waals surface area contributed by atoms with Crippen LogP contribution >= 0.6 is 0 Å². The number of nitrogens with zero attached hydrogens (tertiary/aromatic N) is 1. The average molecular weight is 244 g/mol. The van der Waals surface area contributed by atoms with Gasteiger partial charge in [0.05, 0.1) is 6.61 Å². The first-order valence-electron chi connectivity index (χ1n) is 7.01. The molecule has 0 rings (SSSR count). The second-order valence-electron chi connectivity index (χ2n) is 5.19. The van der Waals surface area contributed by atoms with Crippen LogP contribution in [-0.2, 0) is 4.74 Å². The molecule has 0 radical (unpaired) electrons. The smallest absolute Gasteiger partial charge is 0.0637 e. The van der Waals surface area contributed by atoms with Gasteiger partial charge in [0.15, 0.2) is 0 Å². The molecule has 2 atom stereocenters. The average Bonchev–Trinajstić information content (AvgIpc) is 2.32. The van der Waals surface area contributed by atoms with Crippen LogP contribution in [0, 0.1) is 0 Å². The maximum atomic E-state index is 5.75. The van der Waals surface area contributed by atoms with E-state index in [4.69, 9.17) is 4.74 Å². The van der Waals surface area contributed by atoms with Crippen molar-refractivity contribution in [1.29, 1.82) is 0 Å². The summed E-state index contributed by atoms with van der Waals surface area (Å²) in [5.74, 6) is 0. The first-order chi connectivity index (χ1) is 8.02. The lowest BCUT2D eigenvalue weighted by Gasteiger charge is -2.43. The Morgan fingerprint density at radius 2 is 1.82 bits per heavy atom. The summed E-state index contributed by atoms with van der Waals surface area (Å²) in [5, 5.41) is 3.63. The lowest BCUT2D eigenvalue weighted by Crippen LogP contribution is -2.59. The number of ether oxygens (including phenoxy) is 1. The highest BCUT2D eigenvalue weighted by Crippen LogP contribution is 2.21. The van der Waals surface area contributed by atoms with Crippen LogP contribution in [-0.4, -0.2) is 50.3 Å². The SMILES string of the molecule is CCCNC(COCCC)C(C)(CC)N(C)C. The number of hydrogen-bond acceptors (Lipinski definition) is 3. The Bertz CT molecular complexity index is 185. The van der Waals surface area contributed by atoms with Gasteiger partial charge < -0.3 is 15.0 Å². The molecule has 17 heavy (non-hydrogen) atoms. The second kappa shape index (κ2) is 8.90. The molecular formula is C14H32N2O. The highest BCUT2D eigenvalue weighted by molar-refractivity contribution is 4.94. The monoisotopic (exact) mass is 244 g/mol. The van der Waals surface area contributed by atoms with Crippen LogP contribution < -0.4 is 5.32 Å². The molecule has 104 valence electrons. The molecule has 0 spiro atoms. The van der Waals surface area contributed by atoms with E-state index in [0.717, 1.165) is 39.0 Å². The Hall–Kier alpha value is -0.120. The van der Waals surface area contributed by atoms with Gasteiger partial charge in [-0.15, -0.1) is 0 Å². The van der Waals surface area contributed by atoms with Crippen LogP contribution in [0.1, 0.15) is 47.0 Å². The van der Waals surface area contributed by atoms with Crippen molar-refractivity contribution in [1.82, 2.24) is 10.2 Å². The summed E-state index contributed by atoms with van der Waals surface area (Å²) in [6.45, 7) is 11.6. The summed E-state index contributed by atoms with van der Waals surface area (Å²) >= 11 is 0. The normalized spacial score (nSPS) is 17.1. The number of rotatable bonds is 10. The molecule has 0 saturated carbocycles. The molecule has 0 aromatic carbocycles. The Labute approximate surface area is 108 Å². The van der Waals surface area contributed by atoms with Crippen molar-refractivity contribution in [2.75, 3.05) is 33.9 Å². The van der Waals surface area contributed by atoms with Crippen molar-refractivity contribution in [3.05, 3.63) is 0 Å². The first kappa shape index (κ1) is 16.9. The van der Waals surface area contributed by atoms with Gasteiger partial charge in [-0.1, -0.05) is 20.8 Å². The van der Waals surface area contributed by atoms with Gasteiger partial charge >= 0.3 is 0 Å². The van der Waals surface area contributed by atoms with Crippen LogP contribution in [0.25, 0.3) is 0 Å². The predicted octanol–water partition coefficient (Wildman–Crippen LogP) is 2.51. The maximum Gasteiger partial charge on any atom is 0.0637 e. The number of likely N-dealkylation sites (N-methyl/N-ethyl adjacent to an activating group) is 1. The predicted molar refractivity (Wildman–Crippen MR) is 75.6 cm³/mol. The molecule has 0 heterocycles. The molecule has 0 aliphatic heterocycles. The molecule has 0 aromatic heterocycles. The van der Waals surface area contributed by atoms with Crippen LogP contribution in [0.3, 0.4) is 0 Å². The highest BCUT2D eigenvalue weighted by atomic mass is 16.5. The fourth-order valence-corrected chi connectivity index (χ4v) is 2.00. The molecule has 0 aliphatic rings. The molecule has 0 aliphatic carbocycles. The van der Waals surface area contributed by atoms with Gasteiger partial charge in [0.2, 0.25) is 0 Å². The standard InChI is InChI=1S/C14H32N2O/c1-7-10-15-13(12-17-11-8-2)14(4,9-3)16(5)6/h13,15H,7-12H2,1-6H3. The Morgan fingerprint density at radius 3 is 2.24 bits per heavy atom. The third-order valence-electron chi connectivity index (χ3n) is 3.76. The summed E-state index contributed by atoms with van der Waals surface area (Å²) < 4.78 is 5.75. The zero-order chi connectivity index (χ0) is 13.3. The third kappa shape index (κ3) is 5.36. The number of hydrogen-bond donors (Lipinski definition) is 1. The molecule has 3 heteroatoms. The van der Waals surface area contributed by atoms with Crippen LogP contribution in [0.5, 0.6) is 0 Å².